The van der Waals surface area contributed by atoms with Crippen LogP contribution in [0, 0.1) is 10.1 Å². The molecule has 1 atom stereocenters. The number of anilines is 1. The molecule has 0 saturated carbocycles. The van der Waals surface area contributed by atoms with Crippen LogP contribution in [0.1, 0.15) is 17.3 Å². The summed E-state index contributed by atoms with van der Waals surface area (Å²) in [5, 5.41) is 13.8. The van der Waals surface area contributed by atoms with E-state index in [2.05, 4.69) is 5.32 Å². The van der Waals surface area contributed by atoms with Crippen LogP contribution in [0.3, 0.4) is 0 Å². The number of nitro benzene ring substituents is 1. The molecule has 1 N–H and O–H groups in total. The van der Waals surface area contributed by atoms with Crippen LogP contribution in [-0.4, -0.2) is 23.2 Å². The summed E-state index contributed by atoms with van der Waals surface area (Å²) >= 11 is 12.0. The van der Waals surface area contributed by atoms with Gasteiger partial charge >= 0.3 is 0 Å². The number of aldehydes is 1. The Bertz CT molecular complexity index is 821. The zero-order valence-electron chi connectivity index (χ0n) is 12.9. The molecule has 0 radical (unpaired) electrons. The van der Waals surface area contributed by atoms with Crippen molar-refractivity contribution in [3.8, 4) is 5.75 Å². The highest BCUT2D eigenvalue weighted by Gasteiger charge is 2.20. The van der Waals surface area contributed by atoms with Crippen LogP contribution in [0.2, 0.25) is 10.0 Å². The smallest absolute Gasteiger partial charge is 0.270 e. The number of nitrogens with one attached hydrogen (secondary N) is 1. The van der Waals surface area contributed by atoms with Gasteiger partial charge < -0.3 is 10.1 Å². The second kappa shape index (κ2) is 7.96. The lowest BCUT2D eigenvalue weighted by Crippen LogP contribution is -2.30. The van der Waals surface area contributed by atoms with E-state index < -0.39 is 16.9 Å². The molecule has 0 unspecified atom stereocenters. The molecule has 0 aromatic heterocycles. The highest BCUT2D eigenvalue weighted by Crippen LogP contribution is 2.30. The average molecular weight is 383 g/mol. The van der Waals surface area contributed by atoms with Gasteiger partial charge in [-0.25, -0.2) is 0 Å². The molecule has 0 spiro atoms. The minimum Gasteiger partial charge on any atom is -0.480 e. The molecular formula is C16H12Cl2N2O5. The van der Waals surface area contributed by atoms with E-state index in [1.54, 1.807) is 18.2 Å². The molecule has 0 saturated heterocycles. The number of carbonyl (C=O) groups excluding carboxylic acids is 2. The molecule has 0 aliphatic rings. The van der Waals surface area contributed by atoms with Crippen molar-refractivity contribution < 1.29 is 19.2 Å². The second-order valence-electron chi connectivity index (χ2n) is 4.94. The lowest BCUT2D eigenvalue weighted by Gasteiger charge is -2.17. The number of hydrogen-bond donors (Lipinski definition) is 1. The topological polar surface area (TPSA) is 98.5 Å². The summed E-state index contributed by atoms with van der Waals surface area (Å²) in [6, 6.07) is 8.27. The summed E-state index contributed by atoms with van der Waals surface area (Å²) in [5.41, 5.74) is -0.0513. The first-order chi connectivity index (χ1) is 11.8. The molecule has 0 heterocycles. The summed E-state index contributed by atoms with van der Waals surface area (Å²) in [6.45, 7) is 1.45. The highest BCUT2D eigenvalue weighted by atomic mass is 35.5. The molecule has 0 aliphatic heterocycles. The maximum atomic E-state index is 12.2. The SMILES string of the molecule is C[C@H](Oc1ccc([N+](=O)[O-])cc1C=O)C(=O)Nc1c(Cl)cccc1Cl. The molecule has 9 heteroatoms. The summed E-state index contributed by atoms with van der Waals surface area (Å²) < 4.78 is 5.43. The van der Waals surface area contributed by atoms with E-state index in [-0.39, 0.29) is 32.7 Å². The maximum absolute atomic E-state index is 12.2. The lowest BCUT2D eigenvalue weighted by molar-refractivity contribution is -0.384. The van der Waals surface area contributed by atoms with Gasteiger partial charge in [0.1, 0.15) is 5.75 Å². The van der Waals surface area contributed by atoms with Crippen LogP contribution in [0.25, 0.3) is 0 Å². The Labute approximate surface area is 152 Å². The molecule has 25 heavy (non-hydrogen) atoms. The van der Waals surface area contributed by atoms with Gasteiger partial charge in [0.05, 0.1) is 26.2 Å². The number of benzene rings is 2. The van der Waals surface area contributed by atoms with Crippen molar-refractivity contribution >= 4 is 46.8 Å². The van der Waals surface area contributed by atoms with Crippen LogP contribution < -0.4 is 10.1 Å². The number of nitrogens with zero attached hydrogens (tertiary/aromatic N) is 1. The molecule has 1 amide bonds. The molecule has 2 rings (SSSR count). The van der Waals surface area contributed by atoms with Crippen molar-refractivity contribution in [1.82, 2.24) is 0 Å². The fourth-order valence-electron chi connectivity index (χ4n) is 1.93. The monoisotopic (exact) mass is 382 g/mol. The van der Waals surface area contributed by atoms with Crippen LogP contribution in [0.15, 0.2) is 36.4 Å². The van der Waals surface area contributed by atoms with Crippen LogP contribution in [-0.2, 0) is 4.79 Å². The predicted octanol–water partition coefficient (Wildman–Crippen LogP) is 4.12. The van der Waals surface area contributed by atoms with E-state index in [0.717, 1.165) is 6.07 Å². The zero-order chi connectivity index (χ0) is 18.6. The van der Waals surface area contributed by atoms with E-state index in [9.17, 15) is 19.7 Å². The number of non-ortho nitro benzene ring substituents is 1. The molecule has 0 bridgehead atoms. The molecular weight excluding hydrogens is 371 g/mol. The second-order valence-corrected chi connectivity index (χ2v) is 5.76. The third-order valence-electron chi connectivity index (χ3n) is 3.22. The number of nitro groups is 1. The fraction of sp³-hybridized carbons (Fsp3) is 0.125. The number of carbonyl (C=O) groups is 2. The van der Waals surface area contributed by atoms with Gasteiger partial charge in [-0.05, 0) is 25.1 Å². The third kappa shape index (κ3) is 4.46. The molecule has 7 nitrogen and oxygen atoms in total. The first-order valence-corrected chi connectivity index (χ1v) is 7.74. The Morgan fingerprint density at radius 2 is 1.92 bits per heavy atom. The first-order valence-electron chi connectivity index (χ1n) is 6.98. The highest BCUT2D eigenvalue weighted by molar-refractivity contribution is 6.39. The molecule has 0 fully saturated rings. The van der Waals surface area contributed by atoms with Crippen molar-refractivity contribution in [3.63, 3.8) is 0 Å². The minimum atomic E-state index is -1.01. The average Bonchev–Trinajstić information content (AvgIpc) is 2.58. The van der Waals surface area contributed by atoms with Gasteiger partial charge in [-0.15, -0.1) is 0 Å². The Morgan fingerprint density at radius 1 is 1.28 bits per heavy atom. The molecule has 2 aromatic carbocycles. The minimum absolute atomic E-state index is 0.0374. The fourth-order valence-corrected chi connectivity index (χ4v) is 2.43. The number of para-hydroxylation sites is 1. The summed E-state index contributed by atoms with van der Waals surface area (Å²) in [4.78, 5) is 33.4. The normalized spacial score (nSPS) is 11.5. The molecule has 130 valence electrons. The quantitative estimate of drug-likeness (QED) is 0.460. The Morgan fingerprint density at radius 3 is 2.48 bits per heavy atom. The van der Waals surface area contributed by atoms with Crippen molar-refractivity contribution in [1.29, 1.82) is 0 Å². The summed E-state index contributed by atoms with van der Waals surface area (Å²) in [7, 11) is 0. The van der Waals surface area contributed by atoms with Crippen LogP contribution in [0.4, 0.5) is 11.4 Å². The number of halogens is 2. The van der Waals surface area contributed by atoms with Crippen molar-refractivity contribution in [2.75, 3.05) is 5.32 Å². The predicted molar refractivity (Wildman–Crippen MR) is 93.7 cm³/mol. The molecule has 2 aromatic rings. The van der Waals surface area contributed by atoms with Gasteiger partial charge in [-0.2, -0.15) is 0 Å². The van der Waals surface area contributed by atoms with Gasteiger partial charge in [0.15, 0.2) is 12.4 Å². The van der Waals surface area contributed by atoms with Gasteiger partial charge in [0.25, 0.3) is 11.6 Å². The standard InChI is InChI=1S/C16H12Cl2N2O5/c1-9(16(22)19-15-12(17)3-2-4-13(15)18)25-14-6-5-11(20(23)24)7-10(14)8-21/h2-9H,1H3,(H,19,22)/t9-/m0/s1. The van der Waals surface area contributed by atoms with E-state index in [1.807, 2.05) is 0 Å². The van der Waals surface area contributed by atoms with E-state index >= 15 is 0 Å². The van der Waals surface area contributed by atoms with Gasteiger partial charge in [-0.3, -0.25) is 19.7 Å². The first kappa shape index (κ1) is 18.7. The van der Waals surface area contributed by atoms with E-state index in [1.165, 1.54) is 19.1 Å². The van der Waals surface area contributed by atoms with Crippen LogP contribution >= 0.6 is 23.2 Å². The van der Waals surface area contributed by atoms with Crippen molar-refractivity contribution in [2.45, 2.75) is 13.0 Å². The van der Waals surface area contributed by atoms with E-state index in [0.29, 0.717) is 6.29 Å². The van der Waals surface area contributed by atoms with Crippen molar-refractivity contribution in [3.05, 3.63) is 62.1 Å². The Balaban J connectivity index is 2.16. The van der Waals surface area contributed by atoms with Gasteiger partial charge in [0, 0.05) is 12.1 Å². The lowest BCUT2D eigenvalue weighted by atomic mass is 10.2. The third-order valence-corrected chi connectivity index (χ3v) is 3.85. The largest absolute Gasteiger partial charge is 0.480 e. The molecule has 0 aliphatic carbocycles. The van der Waals surface area contributed by atoms with Gasteiger partial charge in [-0.1, -0.05) is 29.3 Å². The summed E-state index contributed by atoms with van der Waals surface area (Å²) in [6.07, 6.45) is -0.592. The number of hydrogen-bond acceptors (Lipinski definition) is 5. The Hall–Kier alpha value is -2.64. The number of amides is 1. The van der Waals surface area contributed by atoms with Gasteiger partial charge in [0.2, 0.25) is 0 Å². The van der Waals surface area contributed by atoms with Crippen molar-refractivity contribution in [2.24, 2.45) is 0 Å². The van der Waals surface area contributed by atoms with Crippen LogP contribution in [0.5, 0.6) is 5.75 Å². The Kier molecular flexibility index (Phi) is 5.95. The zero-order valence-corrected chi connectivity index (χ0v) is 14.4. The number of rotatable bonds is 6. The number of ether oxygens (including phenoxy) is 1. The summed E-state index contributed by atoms with van der Waals surface area (Å²) in [5.74, 6) is -0.501. The van der Waals surface area contributed by atoms with E-state index in [4.69, 9.17) is 27.9 Å². The maximum Gasteiger partial charge on any atom is 0.270 e.